The summed E-state index contributed by atoms with van der Waals surface area (Å²) in [6.45, 7) is 4.11. The molecular formula is C28H26BrN3OS. The third-order valence-electron chi connectivity index (χ3n) is 5.52. The number of nitrogens with zero attached hydrogens (tertiary/aromatic N) is 2. The molecule has 1 aromatic heterocycles. The van der Waals surface area contributed by atoms with Gasteiger partial charge in [0.05, 0.1) is 6.21 Å². The van der Waals surface area contributed by atoms with E-state index in [1.165, 1.54) is 11.1 Å². The Morgan fingerprint density at radius 3 is 2.26 bits per heavy atom. The molecule has 4 aromatic rings. The highest BCUT2D eigenvalue weighted by Gasteiger charge is 2.10. The molecule has 0 unspecified atom stereocenters. The SMILES string of the molecule is Cc1cc(/C=N/NC(=O)c2ccc(CSCc3ccccc3)cc2)c(C)n1-c1ccc(Br)cc1. The molecule has 172 valence electrons. The maximum atomic E-state index is 12.5. The van der Waals surface area contributed by atoms with Crippen molar-refractivity contribution in [3.8, 4) is 5.69 Å². The lowest BCUT2D eigenvalue weighted by Gasteiger charge is -2.09. The van der Waals surface area contributed by atoms with Gasteiger partial charge in [0.15, 0.2) is 0 Å². The molecule has 0 saturated heterocycles. The van der Waals surface area contributed by atoms with Crippen molar-refractivity contribution in [2.24, 2.45) is 5.10 Å². The van der Waals surface area contributed by atoms with E-state index in [2.05, 4.69) is 80.4 Å². The molecule has 3 aromatic carbocycles. The molecule has 0 aliphatic carbocycles. The zero-order valence-electron chi connectivity index (χ0n) is 19.2. The van der Waals surface area contributed by atoms with E-state index in [0.717, 1.165) is 38.6 Å². The summed E-state index contributed by atoms with van der Waals surface area (Å²) >= 11 is 5.34. The number of benzene rings is 3. The second kappa shape index (κ2) is 11.4. The Balaban J connectivity index is 1.33. The minimum absolute atomic E-state index is 0.221. The Hall–Kier alpha value is -3.09. The predicted molar refractivity (Wildman–Crippen MR) is 146 cm³/mol. The van der Waals surface area contributed by atoms with E-state index in [4.69, 9.17) is 0 Å². The number of carbonyl (C=O) groups is 1. The number of thioether (sulfide) groups is 1. The van der Waals surface area contributed by atoms with Crippen molar-refractivity contribution in [3.05, 3.63) is 123 Å². The second-order valence-corrected chi connectivity index (χ2v) is 9.91. The fourth-order valence-electron chi connectivity index (χ4n) is 3.74. The molecule has 0 aliphatic rings. The van der Waals surface area contributed by atoms with Gasteiger partial charge in [-0.1, -0.05) is 58.4 Å². The zero-order valence-corrected chi connectivity index (χ0v) is 21.6. The van der Waals surface area contributed by atoms with Gasteiger partial charge < -0.3 is 4.57 Å². The average molecular weight is 533 g/mol. The minimum atomic E-state index is -0.221. The lowest BCUT2D eigenvalue weighted by Crippen LogP contribution is -2.17. The fourth-order valence-corrected chi connectivity index (χ4v) is 4.97. The highest BCUT2D eigenvalue weighted by molar-refractivity contribution is 9.10. The van der Waals surface area contributed by atoms with Gasteiger partial charge in [-0.3, -0.25) is 4.79 Å². The molecule has 0 spiro atoms. The molecule has 0 atom stereocenters. The predicted octanol–water partition coefficient (Wildman–Crippen LogP) is 7.05. The van der Waals surface area contributed by atoms with Crippen molar-refractivity contribution in [3.63, 3.8) is 0 Å². The van der Waals surface area contributed by atoms with Crippen LogP contribution in [0.4, 0.5) is 0 Å². The van der Waals surface area contributed by atoms with Crippen molar-refractivity contribution in [1.29, 1.82) is 0 Å². The standard InChI is InChI=1S/C28H26BrN3OS/c1-20-16-25(21(2)32(20)27-14-12-26(29)13-15-27)17-30-31-28(33)24-10-8-23(9-11-24)19-34-18-22-6-4-3-5-7-22/h3-17H,18-19H2,1-2H3,(H,31,33)/b30-17+. The quantitative estimate of drug-likeness (QED) is 0.195. The summed E-state index contributed by atoms with van der Waals surface area (Å²) in [6.07, 6.45) is 1.70. The third-order valence-corrected chi connectivity index (χ3v) is 7.12. The third kappa shape index (κ3) is 6.07. The highest BCUT2D eigenvalue weighted by Crippen LogP contribution is 2.22. The number of carbonyl (C=O) groups excluding carboxylic acids is 1. The van der Waals surface area contributed by atoms with E-state index in [0.29, 0.717) is 5.56 Å². The van der Waals surface area contributed by atoms with Gasteiger partial charge in [-0.15, -0.1) is 0 Å². The fraction of sp³-hybridized carbons (Fsp3) is 0.143. The van der Waals surface area contributed by atoms with Gasteiger partial charge in [0.2, 0.25) is 0 Å². The first-order valence-corrected chi connectivity index (χ1v) is 12.9. The van der Waals surface area contributed by atoms with E-state index in [1.54, 1.807) is 6.21 Å². The Bertz CT molecular complexity index is 1280. The van der Waals surface area contributed by atoms with Gasteiger partial charge in [0.1, 0.15) is 0 Å². The molecule has 1 amide bonds. The number of rotatable bonds is 8. The summed E-state index contributed by atoms with van der Waals surface area (Å²) in [7, 11) is 0. The molecule has 0 aliphatic heterocycles. The largest absolute Gasteiger partial charge is 0.318 e. The molecule has 1 N–H and O–H groups in total. The molecule has 4 nitrogen and oxygen atoms in total. The van der Waals surface area contributed by atoms with Gasteiger partial charge in [-0.25, -0.2) is 5.43 Å². The van der Waals surface area contributed by atoms with Crippen molar-refractivity contribution >= 4 is 39.8 Å². The van der Waals surface area contributed by atoms with Crippen LogP contribution < -0.4 is 5.43 Å². The molecule has 0 saturated carbocycles. The number of hydrogen-bond acceptors (Lipinski definition) is 3. The number of nitrogens with one attached hydrogen (secondary N) is 1. The van der Waals surface area contributed by atoms with Crippen LogP contribution in [0.15, 0.2) is 94.5 Å². The monoisotopic (exact) mass is 531 g/mol. The topological polar surface area (TPSA) is 46.4 Å². The number of amides is 1. The molecule has 0 bridgehead atoms. The van der Waals surface area contributed by atoms with E-state index >= 15 is 0 Å². The summed E-state index contributed by atoms with van der Waals surface area (Å²) in [5, 5.41) is 4.20. The zero-order chi connectivity index (χ0) is 23.9. The maximum Gasteiger partial charge on any atom is 0.271 e. The second-order valence-electron chi connectivity index (χ2n) is 8.01. The molecule has 6 heteroatoms. The summed E-state index contributed by atoms with van der Waals surface area (Å²) in [5.41, 5.74) is 9.97. The first kappa shape index (κ1) is 24.0. The minimum Gasteiger partial charge on any atom is -0.318 e. The summed E-state index contributed by atoms with van der Waals surface area (Å²) in [4.78, 5) is 12.5. The van der Waals surface area contributed by atoms with Crippen LogP contribution >= 0.6 is 27.7 Å². The Labute approximate surface area is 213 Å². The lowest BCUT2D eigenvalue weighted by atomic mass is 10.1. The van der Waals surface area contributed by atoms with Crippen LogP contribution in [0.5, 0.6) is 0 Å². The van der Waals surface area contributed by atoms with Crippen LogP contribution in [0.3, 0.4) is 0 Å². The summed E-state index contributed by atoms with van der Waals surface area (Å²) in [6, 6.07) is 28.4. The van der Waals surface area contributed by atoms with Crippen LogP contribution in [0.2, 0.25) is 0 Å². The molecule has 0 radical (unpaired) electrons. The highest BCUT2D eigenvalue weighted by atomic mass is 79.9. The number of aryl methyl sites for hydroxylation is 1. The first-order chi connectivity index (χ1) is 16.5. The van der Waals surface area contributed by atoms with Crippen molar-refractivity contribution < 1.29 is 4.79 Å². The van der Waals surface area contributed by atoms with Gasteiger partial charge in [-0.05, 0) is 67.4 Å². The normalized spacial score (nSPS) is 11.1. The van der Waals surface area contributed by atoms with Gasteiger partial charge in [0.25, 0.3) is 5.91 Å². The molecular weight excluding hydrogens is 506 g/mol. The van der Waals surface area contributed by atoms with Crippen LogP contribution in [0.1, 0.15) is 38.4 Å². The van der Waals surface area contributed by atoms with Gasteiger partial charge >= 0.3 is 0 Å². The van der Waals surface area contributed by atoms with E-state index in [1.807, 2.05) is 61.2 Å². The summed E-state index contributed by atoms with van der Waals surface area (Å²) < 4.78 is 3.21. The van der Waals surface area contributed by atoms with Gasteiger partial charge in [0, 0.05) is 44.2 Å². The van der Waals surface area contributed by atoms with Crippen molar-refractivity contribution in [1.82, 2.24) is 9.99 Å². The van der Waals surface area contributed by atoms with Crippen LogP contribution in [0, 0.1) is 13.8 Å². The van der Waals surface area contributed by atoms with Gasteiger partial charge in [-0.2, -0.15) is 16.9 Å². The van der Waals surface area contributed by atoms with E-state index < -0.39 is 0 Å². The maximum absolute atomic E-state index is 12.5. The number of halogens is 1. The average Bonchev–Trinajstić information content (AvgIpc) is 3.13. The number of hydrazone groups is 1. The molecule has 34 heavy (non-hydrogen) atoms. The number of hydrogen-bond donors (Lipinski definition) is 1. The van der Waals surface area contributed by atoms with Crippen LogP contribution in [0.25, 0.3) is 5.69 Å². The lowest BCUT2D eigenvalue weighted by molar-refractivity contribution is 0.0955. The van der Waals surface area contributed by atoms with E-state index in [9.17, 15) is 4.79 Å². The Kier molecular flexibility index (Phi) is 8.03. The molecule has 4 rings (SSSR count). The van der Waals surface area contributed by atoms with E-state index in [-0.39, 0.29) is 5.91 Å². The Morgan fingerprint density at radius 2 is 1.59 bits per heavy atom. The molecule has 1 heterocycles. The van der Waals surface area contributed by atoms with Crippen molar-refractivity contribution in [2.75, 3.05) is 0 Å². The van der Waals surface area contributed by atoms with Crippen LogP contribution in [-0.2, 0) is 11.5 Å². The van der Waals surface area contributed by atoms with Crippen LogP contribution in [-0.4, -0.2) is 16.7 Å². The van der Waals surface area contributed by atoms with Crippen molar-refractivity contribution in [2.45, 2.75) is 25.4 Å². The molecule has 0 fully saturated rings. The smallest absolute Gasteiger partial charge is 0.271 e. The Morgan fingerprint density at radius 1 is 0.941 bits per heavy atom. The summed E-state index contributed by atoms with van der Waals surface area (Å²) in [5.74, 6) is 1.66. The first-order valence-electron chi connectivity index (χ1n) is 11.0. The number of aromatic nitrogens is 1.